The van der Waals surface area contributed by atoms with Gasteiger partial charge in [-0.25, -0.2) is 9.37 Å². The van der Waals surface area contributed by atoms with Crippen LogP contribution >= 0.6 is 0 Å². The van der Waals surface area contributed by atoms with Crippen LogP contribution in [0.25, 0.3) is 0 Å². The average molecular weight is 321 g/mol. The van der Waals surface area contributed by atoms with Crippen LogP contribution in [0.1, 0.15) is 16.4 Å². The average Bonchev–Trinajstić information content (AvgIpc) is 3.15. The lowest BCUT2D eigenvalue weighted by molar-refractivity contribution is 0.0883. The van der Waals surface area contributed by atoms with Crippen molar-refractivity contribution in [1.29, 1.82) is 0 Å². The van der Waals surface area contributed by atoms with Crippen molar-refractivity contribution in [3.8, 4) is 5.75 Å². The number of hydrogen-bond donors (Lipinski definition) is 3. The van der Waals surface area contributed by atoms with Gasteiger partial charge in [-0.2, -0.15) is 0 Å². The Kier molecular flexibility index (Phi) is 4.54. The van der Waals surface area contributed by atoms with Gasteiger partial charge in [0, 0.05) is 19.2 Å². The first-order chi connectivity index (χ1) is 11.1. The molecule has 122 valence electrons. The number of nitrogens with zero attached hydrogens (tertiary/aromatic N) is 1. The summed E-state index contributed by atoms with van der Waals surface area (Å²) in [6.07, 6.45) is 0.593. The van der Waals surface area contributed by atoms with Crippen molar-refractivity contribution >= 4 is 5.91 Å². The maximum absolute atomic E-state index is 13.0. The summed E-state index contributed by atoms with van der Waals surface area (Å²) in [5, 5.41) is 15.3. The molecule has 1 aromatic carbocycles. The number of carbonyl (C=O) groups excluding carboxylic acids is 1. The number of ether oxygens (including phenoxy) is 1. The second-order valence-electron chi connectivity index (χ2n) is 5.18. The highest BCUT2D eigenvalue weighted by Gasteiger charge is 2.27. The number of oxazole rings is 1. The zero-order valence-corrected chi connectivity index (χ0v) is 12.2. The largest absolute Gasteiger partial charge is 0.484 e. The summed E-state index contributed by atoms with van der Waals surface area (Å²) in [5.74, 6) is -0.295. The van der Waals surface area contributed by atoms with Crippen LogP contribution in [0.3, 0.4) is 0 Å². The van der Waals surface area contributed by atoms with Crippen LogP contribution in [-0.2, 0) is 6.61 Å². The topological polar surface area (TPSA) is 96.6 Å². The molecular formula is C15H16FN3O4. The summed E-state index contributed by atoms with van der Waals surface area (Å²) < 4.78 is 23.5. The normalized spacial score (nSPS) is 20.4. The minimum absolute atomic E-state index is 0.0235. The molecule has 0 unspecified atom stereocenters. The lowest BCUT2D eigenvalue weighted by Crippen LogP contribution is -2.42. The van der Waals surface area contributed by atoms with Gasteiger partial charge in [-0.1, -0.05) is 6.07 Å². The molecule has 8 heteroatoms. The third-order valence-electron chi connectivity index (χ3n) is 3.44. The van der Waals surface area contributed by atoms with Crippen molar-refractivity contribution in [3.63, 3.8) is 0 Å². The van der Waals surface area contributed by atoms with E-state index < -0.39 is 17.8 Å². The molecule has 0 spiro atoms. The van der Waals surface area contributed by atoms with Gasteiger partial charge >= 0.3 is 0 Å². The lowest BCUT2D eigenvalue weighted by atomic mass is 10.2. The lowest BCUT2D eigenvalue weighted by Gasteiger charge is -2.13. The highest BCUT2D eigenvalue weighted by molar-refractivity contribution is 5.92. The predicted octanol–water partition coefficient (Wildman–Crippen LogP) is 0.455. The Morgan fingerprint density at radius 2 is 2.39 bits per heavy atom. The number of halogens is 1. The molecule has 3 N–H and O–H groups in total. The van der Waals surface area contributed by atoms with Gasteiger partial charge in [0.25, 0.3) is 5.91 Å². The number of β-amino-alcohol motifs (C(OH)–C–C–N with tert-alkyl or cyclic N) is 1. The fourth-order valence-electron chi connectivity index (χ4n) is 2.24. The molecule has 1 amide bonds. The Labute approximate surface area is 131 Å². The number of carbonyl (C=O) groups is 1. The van der Waals surface area contributed by atoms with Gasteiger partial charge in [0.1, 0.15) is 17.8 Å². The number of nitrogens with one attached hydrogen (secondary N) is 2. The Bertz CT molecular complexity index is 691. The molecule has 2 atom stereocenters. The summed E-state index contributed by atoms with van der Waals surface area (Å²) in [4.78, 5) is 16.0. The monoisotopic (exact) mass is 321 g/mol. The Morgan fingerprint density at radius 3 is 3.13 bits per heavy atom. The van der Waals surface area contributed by atoms with Gasteiger partial charge in [0.05, 0.1) is 12.1 Å². The number of hydrogen-bond acceptors (Lipinski definition) is 6. The van der Waals surface area contributed by atoms with E-state index in [1.165, 1.54) is 24.5 Å². The zero-order chi connectivity index (χ0) is 16.2. The van der Waals surface area contributed by atoms with E-state index in [4.69, 9.17) is 9.15 Å². The van der Waals surface area contributed by atoms with Crippen LogP contribution in [0.4, 0.5) is 4.39 Å². The summed E-state index contributed by atoms with van der Waals surface area (Å²) >= 11 is 0. The van der Waals surface area contributed by atoms with E-state index in [2.05, 4.69) is 15.6 Å². The first-order valence-corrected chi connectivity index (χ1v) is 7.14. The van der Waals surface area contributed by atoms with E-state index in [0.29, 0.717) is 18.8 Å². The molecule has 1 fully saturated rings. The number of aromatic nitrogens is 1. The molecule has 1 saturated heterocycles. The minimum Gasteiger partial charge on any atom is -0.484 e. The summed E-state index contributed by atoms with van der Waals surface area (Å²) in [7, 11) is 0. The number of rotatable bonds is 5. The summed E-state index contributed by atoms with van der Waals surface area (Å²) in [5.41, 5.74) is 0.0990. The number of aliphatic hydroxyl groups is 1. The molecule has 1 aromatic heterocycles. The van der Waals surface area contributed by atoms with Crippen molar-refractivity contribution < 1.29 is 23.4 Å². The van der Waals surface area contributed by atoms with Crippen LogP contribution in [0.2, 0.25) is 0 Å². The van der Waals surface area contributed by atoms with Gasteiger partial charge in [-0.3, -0.25) is 4.79 Å². The molecule has 0 radical (unpaired) electrons. The molecule has 23 heavy (non-hydrogen) atoms. The van der Waals surface area contributed by atoms with Gasteiger partial charge in [-0.05, 0) is 12.1 Å². The molecule has 0 bridgehead atoms. The first kappa shape index (κ1) is 15.4. The van der Waals surface area contributed by atoms with Crippen molar-refractivity contribution in [2.75, 3.05) is 13.1 Å². The molecule has 1 aliphatic heterocycles. The van der Waals surface area contributed by atoms with Crippen LogP contribution in [-0.4, -0.2) is 41.2 Å². The van der Waals surface area contributed by atoms with Gasteiger partial charge in [-0.15, -0.1) is 0 Å². The van der Waals surface area contributed by atoms with Crippen molar-refractivity contribution in [1.82, 2.24) is 15.6 Å². The highest BCUT2D eigenvalue weighted by atomic mass is 19.1. The Balaban J connectivity index is 1.56. The van der Waals surface area contributed by atoms with E-state index in [1.54, 1.807) is 6.07 Å². The molecule has 2 heterocycles. The van der Waals surface area contributed by atoms with Crippen LogP contribution in [0, 0.1) is 5.82 Å². The smallest absolute Gasteiger partial charge is 0.273 e. The van der Waals surface area contributed by atoms with Gasteiger partial charge < -0.3 is 24.9 Å². The Hall–Kier alpha value is -2.45. The molecule has 2 aromatic rings. The third-order valence-corrected chi connectivity index (χ3v) is 3.44. The molecular weight excluding hydrogens is 305 g/mol. The first-order valence-electron chi connectivity index (χ1n) is 7.14. The zero-order valence-electron chi connectivity index (χ0n) is 12.2. The Morgan fingerprint density at radius 1 is 1.52 bits per heavy atom. The van der Waals surface area contributed by atoms with E-state index in [1.807, 2.05) is 0 Å². The maximum Gasteiger partial charge on any atom is 0.273 e. The van der Waals surface area contributed by atoms with E-state index in [-0.39, 0.29) is 24.2 Å². The van der Waals surface area contributed by atoms with Crippen LogP contribution < -0.4 is 15.4 Å². The van der Waals surface area contributed by atoms with E-state index in [9.17, 15) is 14.3 Å². The van der Waals surface area contributed by atoms with Gasteiger partial charge in [0.2, 0.25) is 5.89 Å². The number of benzene rings is 1. The van der Waals surface area contributed by atoms with Crippen LogP contribution in [0.5, 0.6) is 5.75 Å². The second kappa shape index (κ2) is 6.76. The minimum atomic E-state index is -0.623. The van der Waals surface area contributed by atoms with E-state index in [0.717, 1.165) is 0 Å². The number of amides is 1. The number of aliphatic hydroxyl groups excluding tert-OH is 1. The third kappa shape index (κ3) is 3.85. The molecule has 1 aliphatic rings. The fraction of sp³-hybridized carbons (Fsp3) is 0.333. The van der Waals surface area contributed by atoms with Gasteiger partial charge in [0.15, 0.2) is 12.3 Å². The summed E-state index contributed by atoms with van der Waals surface area (Å²) in [6.45, 7) is 0.918. The second-order valence-corrected chi connectivity index (χ2v) is 5.18. The maximum atomic E-state index is 13.0. The summed E-state index contributed by atoms with van der Waals surface area (Å²) in [6, 6.07) is 5.33. The molecule has 0 saturated carbocycles. The highest BCUT2D eigenvalue weighted by Crippen LogP contribution is 2.14. The quantitative estimate of drug-likeness (QED) is 0.740. The van der Waals surface area contributed by atoms with Crippen molar-refractivity contribution in [3.05, 3.63) is 47.9 Å². The van der Waals surface area contributed by atoms with Crippen molar-refractivity contribution in [2.24, 2.45) is 0 Å². The standard InChI is InChI=1S/C15H16FN3O4/c16-9-2-1-3-10(4-9)22-8-14-18-12(7-23-14)15(21)19-11-5-17-6-13(11)20/h1-4,7,11,13,17,20H,5-6,8H2,(H,19,21)/t11-,13-/m1/s1. The predicted molar refractivity (Wildman–Crippen MR) is 77.4 cm³/mol. The molecule has 7 nitrogen and oxygen atoms in total. The SMILES string of the molecule is O=C(N[C@@H]1CNC[C@H]1O)c1coc(COc2cccc(F)c2)n1. The fourth-order valence-corrected chi connectivity index (χ4v) is 2.24. The molecule has 0 aliphatic carbocycles. The van der Waals surface area contributed by atoms with Crippen molar-refractivity contribution in [2.45, 2.75) is 18.8 Å². The van der Waals surface area contributed by atoms with E-state index >= 15 is 0 Å². The molecule has 3 rings (SSSR count). The van der Waals surface area contributed by atoms with Crippen LogP contribution in [0.15, 0.2) is 34.9 Å².